The molecule has 1 fully saturated rings. The zero-order valence-electron chi connectivity index (χ0n) is 11.3. The maximum Gasteiger partial charge on any atom is 0.220 e. The van der Waals surface area contributed by atoms with Gasteiger partial charge in [-0.3, -0.25) is 4.79 Å². The fraction of sp³-hybridized carbons (Fsp3) is 0.562. The molecule has 1 amide bonds. The molecule has 19 heavy (non-hydrogen) atoms. The van der Waals surface area contributed by atoms with Crippen molar-refractivity contribution in [2.24, 2.45) is 5.92 Å². The number of hydrogen-bond donors (Lipinski definition) is 2. The van der Waals surface area contributed by atoms with Crippen LogP contribution in [0.4, 0.5) is 5.69 Å². The summed E-state index contributed by atoms with van der Waals surface area (Å²) in [6.07, 6.45) is 7.72. The van der Waals surface area contributed by atoms with Crippen LogP contribution < -0.4 is 11.1 Å². The molecule has 1 unspecified atom stereocenters. The van der Waals surface area contributed by atoms with E-state index in [4.69, 9.17) is 5.73 Å². The summed E-state index contributed by atoms with van der Waals surface area (Å²) in [5, 5.41) is 3.21. The van der Waals surface area contributed by atoms with Gasteiger partial charge in [0.25, 0.3) is 0 Å². The van der Waals surface area contributed by atoms with E-state index < -0.39 is 0 Å². The topological polar surface area (TPSA) is 55.1 Å². The number of hydrogen-bond acceptors (Lipinski definition) is 2. The van der Waals surface area contributed by atoms with Gasteiger partial charge in [-0.2, -0.15) is 0 Å². The third-order valence-electron chi connectivity index (χ3n) is 4.52. The van der Waals surface area contributed by atoms with Gasteiger partial charge in [0.15, 0.2) is 0 Å². The van der Waals surface area contributed by atoms with Crippen molar-refractivity contribution >= 4 is 11.6 Å². The molecule has 1 aromatic rings. The van der Waals surface area contributed by atoms with Crippen molar-refractivity contribution in [3.63, 3.8) is 0 Å². The van der Waals surface area contributed by atoms with Gasteiger partial charge in [-0.15, -0.1) is 0 Å². The third-order valence-corrected chi connectivity index (χ3v) is 4.52. The molecule has 3 heteroatoms. The monoisotopic (exact) mass is 258 g/mol. The number of anilines is 1. The fourth-order valence-electron chi connectivity index (χ4n) is 3.20. The van der Waals surface area contributed by atoms with E-state index in [1.165, 1.54) is 30.4 Å². The molecule has 0 radical (unpaired) electrons. The highest BCUT2D eigenvalue weighted by Gasteiger charge is 2.25. The van der Waals surface area contributed by atoms with Crippen LogP contribution in [-0.4, -0.2) is 5.91 Å². The van der Waals surface area contributed by atoms with Gasteiger partial charge in [0.05, 0.1) is 6.04 Å². The zero-order valence-corrected chi connectivity index (χ0v) is 11.3. The number of carbonyl (C=O) groups excluding carboxylic acids is 1. The molecule has 2 aliphatic rings. The first-order valence-electron chi connectivity index (χ1n) is 7.40. The van der Waals surface area contributed by atoms with Gasteiger partial charge in [-0.05, 0) is 61.3 Å². The summed E-state index contributed by atoms with van der Waals surface area (Å²) >= 11 is 0. The number of benzene rings is 1. The Morgan fingerprint density at radius 1 is 1.26 bits per heavy atom. The standard InChI is InChI=1S/C16H22N2O/c17-13-7-8-14-12(10-13)5-2-6-15(14)18-16(19)9-11-3-1-4-11/h7-8,10-11,15H,1-6,9,17H2,(H,18,19). The van der Waals surface area contributed by atoms with E-state index >= 15 is 0 Å². The molecule has 3 rings (SSSR count). The van der Waals surface area contributed by atoms with Crippen LogP contribution in [0.15, 0.2) is 18.2 Å². The van der Waals surface area contributed by atoms with E-state index in [0.29, 0.717) is 12.3 Å². The maximum absolute atomic E-state index is 12.1. The lowest BCUT2D eigenvalue weighted by Gasteiger charge is -2.29. The first-order valence-corrected chi connectivity index (χ1v) is 7.40. The van der Waals surface area contributed by atoms with Crippen LogP contribution >= 0.6 is 0 Å². The number of fused-ring (bicyclic) bond motifs is 1. The van der Waals surface area contributed by atoms with E-state index in [1.807, 2.05) is 6.07 Å². The van der Waals surface area contributed by atoms with Crippen LogP contribution in [0.2, 0.25) is 0 Å². The number of aryl methyl sites for hydroxylation is 1. The lowest BCUT2D eigenvalue weighted by atomic mass is 9.82. The van der Waals surface area contributed by atoms with Crippen LogP contribution in [0.5, 0.6) is 0 Å². The van der Waals surface area contributed by atoms with Crippen LogP contribution in [0, 0.1) is 5.92 Å². The molecular formula is C16H22N2O. The van der Waals surface area contributed by atoms with Gasteiger partial charge in [0.1, 0.15) is 0 Å². The van der Waals surface area contributed by atoms with E-state index in [0.717, 1.165) is 24.9 Å². The second-order valence-corrected chi connectivity index (χ2v) is 5.97. The molecule has 0 aromatic heterocycles. The van der Waals surface area contributed by atoms with Gasteiger partial charge >= 0.3 is 0 Å². The minimum atomic E-state index is 0.192. The number of amides is 1. The molecule has 1 saturated carbocycles. The average molecular weight is 258 g/mol. The van der Waals surface area contributed by atoms with Gasteiger partial charge in [0.2, 0.25) is 5.91 Å². The molecule has 2 aliphatic carbocycles. The Labute approximate surface area is 114 Å². The second-order valence-electron chi connectivity index (χ2n) is 5.97. The number of carbonyl (C=O) groups is 1. The van der Waals surface area contributed by atoms with Gasteiger partial charge in [0, 0.05) is 12.1 Å². The molecular weight excluding hydrogens is 236 g/mol. The molecule has 102 valence electrons. The summed E-state index contributed by atoms with van der Waals surface area (Å²) < 4.78 is 0. The van der Waals surface area contributed by atoms with Crippen molar-refractivity contribution in [1.82, 2.24) is 5.32 Å². The van der Waals surface area contributed by atoms with E-state index in [-0.39, 0.29) is 11.9 Å². The lowest BCUT2D eigenvalue weighted by Crippen LogP contribution is -2.33. The van der Waals surface area contributed by atoms with Gasteiger partial charge < -0.3 is 11.1 Å². The van der Waals surface area contributed by atoms with E-state index in [1.54, 1.807) is 0 Å². The zero-order chi connectivity index (χ0) is 13.2. The van der Waals surface area contributed by atoms with Crippen molar-refractivity contribution in [2.45, 2.75) is 51.0 Å². The molecule has 3 N–H and O–H groups in total. The van der Waals surface area contributed by atoms with Crippen LogP contribution in [0.3, 0.4) is 0 Å². The summed E-state index contributed by atoms with van der Waals surface area (Å²) in [5.74, 6) is 0.855. The highest BCUT2D eigenvalue weighted by atomic mass is 16.1. The normalized spacial score (nSPS) is 22.4. The Bertz CT molecular complexity index is 480. The smallest absolute Gasteiger partial charge is 0.220 e. The molecule has 1 atom stereocenters. The average Bonchev–Trinajstić information content (AvgIpc) is 2.34. The summed E-state index contributed by atoms with van der Waals surface area (Å²) in [6.45, 7) is 0. The Morgan fingerprint density at radius 2 is 2.11 bits per heavy atom. The largest absolute Gasteiger partial charge is 0.399 e. The number of nitrogens with two attached hydrogens (primary N) is 1. The summed E-state index contributed by atoms with van der Waals surface area (Å²) in [7, 11) is 0. The lowest BCUT2D eigenvalue weighted by molar-refractivity contribution is -0.123. The van der Waals surface area contributed by atoms with Crippen LogP contribution in [0.25, 0.3) is 0 Å². The quantitative estimate of drug-likeness (QED) is 0.819. The number of rotatable bonds is 3. The molecule has 0 heterocycles. The van der Waals surface area contributed by atoms with Gasteiger partial charge in [-0.25, -0.2) is 0 Å². The summed E-state index contributed by atoms with van der Waals surface area (Å²) in [6, 6.07) is 6.27. The summed E-state index contributed by atoms with van der Waals surface area (Å²) in [4.78, 5) is 12.1. The molecule has 0 spiro atoms. The molecule has 0 saturated heterocycles. The number of nitrogen functional groups attached to an aromatic ring is 1. The minimum absolute atomic E-state index is 0.192. The summed E-state index contributed by atoms with van der Waals surface area (Å²) in [5.41, 5.74) is 9.22. The van der Waals surface area contributed by atoms with Crippen LogP contribution in [-0.2, 0) is 11.2 Å². The minimum Gasteiger partial charge on any atom is -0.399 e. The van der Waals surface area contributed by atoms with E-state index in [9.17, 15) is 4.79 Å². The Kier molecular flexibility index (Phi) is 3.45. The molecule has 1 aromatic carbocycles. The van der Waals surface area contributed by atoms with Crippen LogP contribution in [0.1, 0.15) is 55.7 Å². The van der Waals surface area contributed by atoms with Gasteiger partial charge in [-0.1, -0.05) is 12.5 Å². The Morgan fingerprint density at radius 3 is 2.84 bits per heavy atom. The SMILES string of the molecule is Nc1ccc2c(c1)CCCC2NC(=O)CC1CCC1. The first kappa shape index (κ1) is 12.5. The fourth-order valence-corrected chi connectivity index (χ4v) is 3.20. The second kappa shape index (κ2) is 5.24. The number of nitrogens with one attached hydrogen (secondary N) is 1. The van der Waals surface area contributed by atoms with Crippen molar-refractivity contribution in [3.05, 3.63) is 29.3 Å². The maximum atomic E-state index is 12.1. The molecule has 3 nitrogen and oxygen atoms in total. The molecule has 0 bridgehead atoms. The van der Waals surface area contributed by atoms with Crippen molar-refractivity contribution in [2.75, 3.05) is 5.73 Å². The highest BCUT2D eigenvalue weighted by Crippen LogP contribution is 2.32. The first-order chi connectivity index (χ1) is 9.22. The predicted molar refractivity (Wildman–Crippen MR) is 76.6 cm³/mol. The Hall–Kier alpha value is -1.51. The third kappa shape index (κ3) is 2.75. The molecule has 0 aliphatic heterocycles. The van der Waals surface area contributed by atoms with E-state index in [2.05, 4.69) is 17.4 Å². The predicted octanol–water partition coefficient (Wildman–Crippen LogP) is 2.95. The van der Waals surface area contributed by atoms with Crippen molar-refractivity contribution < 1.29 is 4.79 Å². The van der Waals surface area contributed by atoms with Crippen molar-refractivity contribution in [3.8, 4) is 0 Å². The Balaban J connectivity index is 1.67. The van der Waals surface area contributed by atoms with Crippen molar-refractivity contribution in [1.29, 1.82) is 0 Å². The highest BCUT2D eigenvalue weighted by molar-refractivity contribution is 5.77.